The van der Waals surface area contributed by atoms with Crippen molar-refractivity contribution in [1.82, 2.24) is 15.0 Å². The molecule has 0 radical (unpaired) electrons. The van der Waals surface area contributed by atoms with Gasteiger partial charge in [0.25, 0.3) is 0 Å². The number of aliphatic imine (C=N–C) groups is 2. The van der Waals surface area contributed by atoms with Crippen LogP contribution in [0.1, 0.15) is 19.4 Å². The van der Waals surface area contributed by atoms with E-state index in [0.29, 0.717) is 22.2 Å². The first-order chi connectivity index (χ1) is 13.4. The number of hydrogen-bond donors (Lipinski definition) is 3. The molecule has 4 N–H and O–H groups in total. The Kier molecular flexibility index (Phi) is 6.63. The van der Waals surface area contributed by atoms with Crippen molar-refractivity contribution < 1.29 is 14.9 Å². The number of benzene rings is 1. The number of hydrogen-bond acceptors (Lipinski definition) is 6. The summed E-state index contributed by atoms with van der Waals surface area (Å²) in [5.41, 5.74) is 6.29. The molecule has 2 heterocycles. The highest BCUT2D eigenvalue weighted by Gasteiger charge is 2.40. The van der Waals surface area contributed by atoms with Gasteiger partial charge in [-0.25, -0.2) is 14.7 Å². The van der Waals surface area contributed by atoms with Gasteiger partial charge in [-0.1, -0.05) is 28.4 Å². The Labute approximate surface area is 171 Å². The van der Waals surface area contributed by atoms with E-state index in [2.05, 4.69) is 20.3 Å². The van der Waals surface area contributed by atoms with Gasteiger partial charge in [-0.3, -0.25) is 0 Å². The molecule has 0 saturated carbocycles. The van der Waals surface area contributed by atoms with E-state index >= 15 is 0 Å². The van der Waals surface area contributed by atoms with Crippen molar-refractivity contribution in [2.24, 2.45) is 15.7 Å². The Bertz CT molecular complexity index is 870. The van der Waals surface area contributed by atoms with Crippen LogP contribution in [0.4, 0.5) is 5.69 Å². The highest BCUT2D eigenvalue weighted by molar-refractivity contribution is 6.42. The lowest BCUT2D eigenvalue weighted by molar-refractivity contribution is -0.137. The Morgan fingerprint density at radius 3 is 2.79 bits per heavy atom. The van der Waals surface area contributed by atoms with Crippen LogP contribution in [0.3, 0.4) is 0 Å². The first-order valence-electron chi connectivity index (χ1n) is 8.53. The lowest BCUT2D eigenvalue weighted by Gasteiger charge is -2.38. The molecule has 1 aromatic heterocycles. The molecule has 1 aliphatic rings. The quantitative estimate of drug-likeness (QED) is 0.503. The van der Waals surface area contributed by atoms with Crippen LogP contribution < -0.4 is 5.73 Å². The summed E-state index contributed by atoms with van der Waals surface area (Å²) in [6.07, 6.45) is 0.980. The third-order valence-corrected chi connectivity index (χ3v) is 5.00. The van der Waals surface area contributed by atoms with Crippen molar-refractivity contribution >= 4 is 40.6 Å². The summed E-state index contributed by atoms with van der Waals surface area (Å²) in [6.45, 7) is 1.24. The van der Waals surface area contributed by atoms with Gasteiger partial charge in [0, 0.05) is 12.6 Å². The van der Waals surface area contributed by atoms with Crippen LogP contribution in [0, 0.1) is 0 Å². The van der Waals surface area contributed by atoms with Crippen LogP contribution in [-0.2, 0) is 4.74 Å². The Morgan fingerprint density at radius 2 is 2.18 bits per heavy atom. The molecule has 3 rings (SSSR count). The van der Waals surface area contributed by atoms with Crippen LogP contribution in [-0.4, -0.2) is 61.8 Å². The van der Waals surface area contributed by atoms with Crippen molar-refractivity contribution in [2.45, 2.75) is 37.7 Å². The summed E-state index contributed by atoms with van der Waals surface area (Å²) in [5.74, 6) is 0.570. The largest absolute Gasteiger partial charge is 0.394 e. The molecule has 28 heavy (non-hydrogen) atoms. The van der Waals surface area contributed by atoms with Gasteiger partial charge >= 0.3 is 0 Å². The molecule has 1 aromatic carbocycles. The third-order valence-electron chi connectivity index (χ3n) is 4.26. The Hall–Kier alpha value is -2.04. The molecular formula is C17H20Cl2N6O3. The number of aliphatic hydroxyl groups is 2. The van der Waals surface area contributed by atoms with Crippen LogP contribution in [0.25, 0.3) is 0 Å². The van der Waals surface area contributed by atoms with Crippen molar-refractivity contribution in [3.8, 4) is 0 Å². The van der Waals surface area contributed by atoms with Gasteiger partial charge in [0.05, 0.1) is 40.4 Å². The maximum Gasteiger partial charge on any atom is 0.159 e. The zero-order valence-corrected chi connectivity index (χ0v) is 16.5. The van der Waals surface area contributed by atoms with E-state index in [-0.39, 0.29) is 18.3 Å². The number of ether oxygens (including phenoxy) is 1. The molecule has 9 nitrogen and oxygen atoms in total. The number of nitrogens with zero attached hydrogens (tertiary/aromatic N) is 5. The Morgan fingerprint density at radius 1 is 1.39 bits per heavy atom. The fraction of sp³-hybridized carbons (Fsp3) is 0.412. The summed E-state index contributed by atoms with van der Waals surface area (Å²) < 4.78 is 7.38. The Balaban J connectivity index is 1.97. The number of aliphatic hydroxyl groups excluding tert-OH is 2. The second kappa shape index (κ2) is 8.97. The molecule has 0 amide bonds. The molecular weight excluding hydrogens is 407 g/mol. The van der Waals surface area contributed by atoms with Crippen LogP contribution in [0.15, 0.2) is 40.6 Å². The number of amidine groups is 2. The SMILES string of the molecule is CC(N)=NC(=Nc1ccc(Cl)c(Cl)c1)C1CC(n2ccnn2)C(O)C(CO)O1. The van der Waals surface area contributed by atoms with Gasteiger partial charge in [-0.2, -0.15) is 0 Å². The molecule has 0 spiro atoms. The van der Waals surface area contributed by atoms with E-state index in [1.165, 1.54) is 10.9 Å². The number of aromatic nitrogens is 3. The van der Waals surface area contributed by atoms with Gasteiger partial charge in [-0.15, -0.1) is 5.10 Å². The van der Waals surface area contributed by atoms with E-state index in [9.17, 15) is 10.2 Å². The van der Waals surface area contributed by atoms with Crippen LogP contribution >= 0.6 is 23.2 Å². The van der Waals surface area contributed by atoms with Crippen LogP contribution in [0.5, 0.6) is 0 Å². The maximum absolute atomic E-state index is 10.5. The fourth-order valence-corrected chi connectivity index (χ4v) is 3.26. The van der Waals surface area contributed by atoms with E-state index < -0.39 is 24.4 Å². The van der Waals surface area contributed by atoms with Gasteiger partial charge < -0.3 is 20.7 Å². The first-order valence-corrected chi connectivity index (χ1v) is 9.29. The van der Waals surface area contributed by atoms with Crippen molar-refractivity contribution in [3.05, 3.63) is 40.6 Å². The number of rotatable bonds is 4. The summed E-state index contributed by atoms with van der Waals surface area (Å²) >= 11 is 12.0. The zero-order valence-electron chi connectivity index (χ0n) is 15.0. The third kappa shape index (κ3) is 4.68. The van der Waals surface area contributed by atoms with E-state index in [0.717, 1.165) is 0 Å². The highest BCUT2D eigenvalue weighted by Crippen LogP contribution is 2.32. The van der Waals surface area contributed by atoms with E-state index in [1.807, 2.05) is 0 Å². The molecule has 1 saturated heterocycles. The zero-order chi connectivity index (χ0) is 20.3. The molecule has 0 bridgehead atoms. The molecule has 2 aromatic rings. The first kappa shape index (κ1) is 20.7. The normalized spacial score (nSPS) is 26.5. The minimum Gasteiger partial charge on any atom is -0.394 e. The average Bonchev–Trinajstić information content (AvgIpc) is 3.18. The van der Waals surface area contributed by atoms with E-state index in [1.54, 1.807) is 31.3 Å². The van der Waals surface area contributed by atoms with Gasteiger partial charge in [0.1, 0.15) is 18.3 Å². The predicted octanol–water partition coefficient (Wildman–Crippen LogP) is 1.74. The topological polar surface area (TPSA) is 131 Å². The van der Waals surface area contributed by atoms with Gasteiger partial charge in [0.15, 0.2) is 5.84 Å². The summed E-state index contributed by atoms with van der Waals surface area (Å²) in [6, 6.07) is 4.43. The van der Waals surface area contributed by atoms with Crippen molar-refractivity contribution in [1.29, 1.82) is 0 Å². The molecule has 11 heteroatoms. The van der Waals surface area contributed by atoms with Gasteiger partial charge in [-0.05, 0) is 25.1 Å². The smallest absolute Gasteiger partial charge is 0.159 e. The minimum atomic E-state index is -0.975. The lowest BCUT2D eigenvalue weighted by Crippen LogP contribution is -2.50. The molecule has 1 fully saturated rings. The summed E-state index contributed by atoms with van der Waals surface area (Å²) in [7, 11) is 0. The molecule has 4 atom stereocenters. The monoisotopic (exact) mass is 426 g/mol. The second-order valence-electron chi connectivity index (χ2n) is 6.34. The van der Waals surface area contributed by atoms with Crippen molar-refractivity contribution in [2.75, 3.05) is 6.61 Å². The van der Waals surface area contributed by atoms with Crippen molar-refractivity contribution in [3.63, 3.8) is 0 Å². The average molecular weight is 427 g/mol. The van der Waals surface area contributed by atoms with Gasteiger partial charge in [0.2, 0.25) is 0 Å². The minimum absolute atomic E-state index is 0.284. The lowest BCUT2D eigenvalue weighted by atomic mass is 9.95. The molecule has 150 valence electrons. The number of halogens is 2. The molecule has 4 unspecified atom stereocenters. The van der Waals surface area contributed by atoms with Crippen LogP contribution in [0.2, 0.25) is 10.0 Å². The van der Waals surface area contributed by atoms with E-state index in [4.69, 9.17) is 33.7 Å². The predicted molar refractivity (Wildman–Crippen MR) is 106 cm³/mol. The summed E-state index contributed by atoms with van der Waals surface area (Å²) in [4.78, 5) is 8.80. The maximum atomic E-state index is 10.5. The molecule has 1 aliphatic heterocycles. The molecule has 0 aliphatic carbocycles. The second-order valence-corrected chi connectivity index (χ2v) is 7.16. The standard InChI is InChI=1S/C17H20Cl2N6O3/c1-9(20)22-17(23-10-2-3-11(18)12(19)6-10)14-7-13(25-5-4-21-24-25)16(27)15(8-26)28-14/h2-6,13-16,26-27H,7-8H2,1H3,(H2,20,22,23). The number of nitrogens with two attached hydrogens (primary N) is 1. The highest BCUT2D eigenvalue weighted by atomic mass is 35.5. The fourth-order valence-electron chi connectivity index (χ4n) is 2.97. The summed E-state index contributed by atoms with van der Waals surface area (Å²) in [5, 5.41) is 28.7.